The molecule has 2 atom stereocenters. The zero-order chi connectivity index (χ0) is 40.3. The molecule has 0 saturated carbocycles. The van der Waals surface area contributed by atoms with Crippen molar-refractivity contribution in [2.24, 2.45) is 5.73 Å². The van der Waals surface area contributed by atoms with Gasteiger partial charge in [0, 0.05) is 19.4 Å². The molecular weight excluding hydrogens is 713 g/mol. The number of phosphoric acid groups is 1. The number of nitrogens with two attached hydrogens (primary N) is 1. The topological polar surface area (TPSA) is 134 Å². The molecule has 3 N–H and O–H groups in total. The van der Waals surface area contributed by atoms with Gasteiger partial charge in [-0.25, -0.2) is 4.57 Å². The Morgan fingerprint density at radius 1 is 0.545 bits per heavy atom. The zero-order valence-corrected chi connectivity index (χ0v) is 35.5. The van der Waals surface area contributed by atoms with E-state index >= 15 is 0 Å². The minimum atomic E-state index is -4.39. The SMILES string of the molecule is CCCCC/C=C\C/C=C\C/C=C\C/C=C\CCCC(=O)OC[C@H](COP(=O)(O)OCCN)OC(=O)CCCCCCCCC/C=C\C/C=C\CCCCC. The molecular formula is C45H78NO8P. The van der Waals surface area contributed by atoms with E-state index in [0.717, 1.165) is 57.8 Å². The van der Waals surface area contributed by atoms with Gasteiger partial charge in [0.05, 0.1) is 13.2 Å². The molecule has 0 aromatic heterocycles. The lowest BCUT2D eigenvalue weighted by Crippen LogP contribution is -2.29. The number of rotatable bonds is 39. The summed E-state index contributed by atoms with van der Waals surface area (Å²) in [5.41, 5.74) is 5.34. The maximum Gasteiger partial charge on any atom is 0.472 e. The summed E-state index contributed by atoms with van der Waals surface area (Å²) in [6.07, 6.45) is 49.3. The van der Waals surface area contributed by atoms with Gasteiger partial charge in [-0.05, 0) is 83.5 Å². The standard InChI is InChI=1S/C45H78NO8P/c1-3-5-7-9-11-13-15-17-19-21-23-25-27-29-31-33-35-37-44(47)51-41-43(42-53-55(49,50)52-40-39-46)54-45(48)38-36-34-32-30-28-26-24-22-20-18-16-14-12-10-8-6-4-2/h11-14,17-20,23,25,29,31,43H,3-10,15-16,21-22,24,26-28,30,32-42,46H2,1-2H3,(H,49,50)/b13-11-,14-12-,19-17-,20-18-,25-23-,31-29-/t43-/m1/s1. The van der Waals surface area contributed by atoms with Crippen molar-refractivity contribution >= 4 is 19.8 Å². The second-order valence-corrected chi connectivity index (χ2v) is 15.3. The number of hydrogen-bond acceptors (Lipinski definition) is 8. The fourth-order valence-corrected chi connectivity index (χ4v) is 6.13. The molecule has 0 aromatic carbocycles. The van der Waals surface area contributed by atoms with E-state index in [1.165, 1.54) is 70.6 Å². The van der Waals surface area contributed by atoms with Crippen LogP contribution in [0.2, 0.25) is 0 Å². The van der Waals surface area contributed by atoms with Crippen LogP contribution >= 0.6 is 7.82 Å². The number of ether oxygens (including phenoxy) is 2. The predicted molar refractivity (Wildman–Crippen MR) is 229 cm³/mol. The van der Waals surface area contributed by atoms with E-state index in [9.17, 15) is 19.0 Å². The van der Waals surface area contributed by atoms with Crippen LogP contribution in [0.3, 0.4) is 0 Å². The first-order chi connectivity index (χ1) is 26.8. The highest BCUT2D eigenvalue weighted by molar-refractivity contribution is 7.47. The summed E-state index contributed by atoms with van der Waals surface area (Å²) >= 11 is 0. The Hall–Kier alpha value is -2.55. The molecule has 316 valence electrons. The van der Waals surface area contributed by atoms with Gasteiger partial charge in [-0.3, -0.25) is 18.6 Å². The smallest absolute Gasteiger partial charge is 0.462 e. The van der Waals surface area contributed by atoms with Crippen molar-refractivity contribution < 1.29 is 37.6 Å². The molecule has 0 heterocycles. The van der Waals surface area contributed by atoms with Gasteiger partial charge >= 0.3 is 19.8 Å². The Kier molecular flexibility index (Phi) is 39.2. The van der Waals surface area contributed by atoms with E-state index in [0.29, 0.717) is 12.8 Å². The summed E-state index contributed by atoms with van der Waals surface area (Å²) in [6, 6.07) is 0. The fraction of sp³-hybridized carbons (Fsp3) is 0.689. The highest BCUT2D eigenvalue weighted by Crippen LogP contribution is 2.43. The third-order valence-electron chi connectivity index (χ3n) is 8.56. The number of allylic oxidation sites excluding steroid dienone is 12. The molecule has 0 saturated heterocycles. The lowest BCUT2D eigenvalue weighted by Gasteiger charge is -2.19. The second-order valence-electron chi connectivity index (χ2n) is 13.8. The molecule has 0 rings (SSSR count). The van der Waals surface area contributed by atoms with Crippen LogP contribution < -0.4 is 5.73 Å². The predicted octanol–water partition coefficient (Wildman–Crippen LogP) is 12.3. The van der Waals surface area contributed by atoms with Gasteiger partial charge in [-0.2, -0.15) is 0 Å². The molecule has 0 aromatic rings. The van der Waals surface area contributed by atoms with Crippen LogP contribution in [0, 0.1) is 0 Å². The van der Waals surface area contributed by atoms with E-state index in [4.69, 9.17) is 24.3 Å². The van der Waals surface area contributed by atoms with Crippen LogP contribution in [0.1, 0.15) is 168 Å². The Labute approximate surface area is 335 Å². The number of phosphoric ester groups is 1. The Morgan fingerprint density at radius 2 is 0.964 bits per heavy atom. The van der Waals surface area contributed by atoms with Crippen molar-refractivity contribution in [3.05, 3.63) is 72.9 Å². The molecule has 9 nitrogen and oxygen atoms in total. The molecule has 0 radical (unpaired) electrons. The summed E-state index contributed by atoms with van der Waals surface area (Å²) in [4.78, 5) is 34.8. The van der Waals surface area contributed by atoms with E-state index in [1.807, 2.05) is 6.08 Å². The van der Waals surface area contributed by atoms with Gasteiger partial charge in [0.15, 0.2) is 6.10 Å². The van der Waals surface area contributed by atoms with Gasteiger partial charge in [0.25, 0.3) is 0 Å². The van der Waals surface area contributed by atoms with Gasteiger partial charge in [-0.15, -0.1) is 0 Å². The third-order valence-corrected chi connectivity index (χ3v) is 9.55. The van der Waals surface area contributed by atoms with Crippen LogP contribution in [0.15, 0.2) is 72.9 Å². The maximum absolute atomic E-state index is 12.6. The van der Waals surface area contributed by atoms with Crippen LogP contribution in [-0.2, 0) is 32.7 Å². The average molecular weight is 792 g/mol. The highest BCUT2D eigenvalue weighted by Gasteiger charge is 2.25. The first kappa shape index (κ1) is 52.5. The van der Waals surface area contributed by atoms with Crippen molar-refractivity contribution in [1.29, 1.82) is 0 Å². The Bertz CT molecular complexity index is 1130. The summed E-state index contributed by atoms with van der Waals surface area (Å²) in [5, 5.41) is 0. The van der Waals surface area contributed by atoms with Crippen molar-refractivity contribution in [1.82, 2.24) is 0 Å². The van der Waals surface area contributed by atoms with Gasteiger partial charge in [-0.1, -0.05) is 145 Å². The third kappa shape index (κ3) is 40.9. The second kappa shape index (κ2) is 41.1. The molecule has 10 heteroatoms. The largest absolute Gasteiger partial charge is 0.472 e. The van der Waals surface area contributed by atoms with E-state index in [2.05, 4.69) is 80.7 Å². The van der Waals surface area contributed by atoms with Crippen molar-refractivity contribution in [3.63, 3.8) is 0 Å². The van der Waals surface area contributed by atoms with Crippen molar-refractivity contribution in [2.45, 2.75) is 174 Å². The van der Waals surface area contributed by atoms with Crippen LogP contribution in [0.25, 0.3) is 0 Å². The molecule has 0 aliphatic rings. The average Bonchev–Trinajstić information content (AvgIpc) is 3.17. The van der Waals surface area contributed by atoms with Crippen LogP contribution in [0.5, 0.6) is 0 Å². The first-order valence-corrected chi connectivity index (χ1v) is 22.9. The molecule has 0 aliphatic heterocycles. The zero-order valence-electron chi connectivity index (χ0n) is 34.6. The number of carbonyl (C=O) groups is 2. The van der Waals surface area contributed by atoms with Gasteiger partial charge in [0.1, 0.15) is 6.61 Å². The molecule has 55 heavy (non-hydrogen) atoms. The Balaban J connectivity index is 4.28. The summed E-state index contributed by atoms with van der Waals surface area (Å²) in [6.45, 7) is 3.59. The summed E-state index contributed by atoms with van der Waals surface area (Å²) in [5.74, 6) is -0.909. The normalized spacial score (nSPS) is 14.0. The summed E-state index contributed by atoms with van der Waals surface area (Å²) in [7, 11) is -4.39. The molecule has 0 fully saturated rings. The van der Waals surface area contributed by atoms with Gasteiger partial charge < -0.3 is 20.1 Å². The molecule has 0 amide bonds. The molecule has 1 unspecified atom stereocenters. The highest BCUT2D eigenvalue weighted by atomic mass is 31.2. The quantitative estimate of drug-likeness (QED) is 0.0270. The molecule has 0 aliphatic carbocycles. The van der Waals surface area contributed by atoms with Crippen LogP contribution in [0.4, 0.5) is 0 Å². The number of esters is 2. The lowest BCUT2D eigenvalue weighted by atomic mass is 10.1. The lowest BCUT2D eigenvalue weighted by molar-refractivity contribution is -0.161. The van der Waals surface area contributed by atoms with Crippen LogP contribution in [-0.4, -0.2) is 49.3 Å². The van der Waals surface area contributed by atoms with E-state index < -0.39 is 32.5 Å². The Morgan fingerprint density at radius 3 is 1.45 bits per heavy atom. The fourth-order valence-electron chi connectivity index (χ4n) is 5.36. The monoisotopic (exact) mass is 792 g/mol. The molecule has 0 bridgehead atoms. The number of unbranched alkanes of at least 4 members (excludes halogenated alkanes) is 14. The minimum absolute atomic E-state index is 0.0414. The molecule has 0 spiro atoms. The number of hydrogen-bond donors (Lipinski definition) is 2. The van der Waals surface area contributed by atoms with Gasteiger partial charge in [0.2, 0.25) is 0 Å². The summed E-state index contributed by atoms with van der Waals surface area (Å²) < 4.78 is 32.7. The minimum Gasteiger partial charge on any atom is -0.462 e. The first-order valence-electron chi connectivity index (χ1n) is 21.4. The van der Waals surface area contributed by atoms with E-state index in [-0.39, 0.29) is 32.6 Å². The van der Waals surface area contributed by atoms with Crippen molar-refractivity contribution in [2.75, 3.05) is 26.4 Å². The van der Waals surface area contributed by atoms with E-state index in [1.54, 1.807) is 0 Å². The van der Waals surface area contributed by atoms with Crippen molar-refractivity contribution in [3.8, 4) is 0 Å². The maximum atomic E-state index is 12.6. The number of carbonyl (C=O) groups excluding carboxylic acids is 2.